The maximum absolute atomic E-state index is 6.11. The molecule has 0 aliphatic carbocycles. The second-order valence-electron chi connectivity index (χ2n) is 3.50. The zero-order chi connectivity index (χ0) is 11.4. The highest BCUT2D eigenvalue weighted by atomic mass is 35.5. The Morgan fingerprint density at radius 1 is 1.19 bits per heavy atom. The second kappa shape index (κ2) is 4.94. The van der Waals surface area contributed by atoms with Crippen molar-refractivity contribution in [2.24, 2.45) is 0 Å². The quantitative estimate of drug-likeness (QED) is 0.884. The fourth-order valence-electron chi connectivity index (χ4n) is 1.50. The van der Waals surface area contributed by atoms with Crippen LogP contribution in [0.15, 0.2) is 42.6 Å². The average molecular weight is 234 g/mol. The second-order valence-corrected chi connectivity index (χ2v) is 3.90. The molecule has 0 fully saturated rings. The van der Waals surface area contributed by atoms with Gasteiger partial charge in [0.2, 0.25) is 0 Å². The summed E-state index contributed by atoms with van der Waals surface area (Å²) in [5, 5.41) is 11.8. The van der Waals surface area contributed by atoms with Crippen molar-refractivity contribution in [1.29, 1.82) is 0 Å². The molecule has 2 rings (SSSR count). The zero-order valence-electron chi connectivity index (χ0n) is 8.89. The third kappa shape index (κ3) is 2.49. The van der Waals surface area contributed by atoms with Crippen LogP contribution < -0.4 is 5.32 Å². The van der Waals surface area contributed by atoms with Gasteiger partial charge in [-0.3, -0.25) is 0 Å². The van der Waals surface area contributed by atoms with E-state index in [1.165, 1.54) is 0 Å². The van der Waals surface area contributed by atoms with Crippen molar-refractivity contribution in [3.8, 4) is 0 Å². The fourth-order valence-corrected chi connectivity index (χ4v) is 1.80. The van der Waals surface area contributed by atoms with E-state index in [-0.39, 0.29) is 6.04 Å². The number of aromatic nitrogens is 2. The topological polar surface area (TPSA) is 37.8 Å². The van der Waals surface area contributed by atoms with Crippen LogP contribution >= 0.6 is 11.6 Å². The molecule has 16 heavy (non-hydrogen) atoms. The van der Waals surface area contributed by atoms with Crippen LogP contribution in [0.1, 0.15) is 18.5 Å². The van der Waals surface area contributed by atoms with Crippen molar-refractivity contribution in [3.63, 3.8) is 0 Å². The normalized spacial score (nSPS) is 12.1. The lowest BCUT2D eigenvalue weighted by molar-refractivity contribution is 0.861. The molecule has 1 N–H and O–H groups in total. The Bertz CT molecular complexity index is 459. The first-order valence-electron chi connectivity index (χ1n) is 5.06. The first kappa shape index (κ1) is 10.9. The average Bonchev–Trinajstić information content (AvgIpc) is 2.31. The summed E-state index contributed by atoms with van der Waals surface area (Å²) in [4.78, 5) is 0. The molecule has 0 spiro atoms. The van der Waals surface area contributed by atoms with Crippen LogP contribution in [0.4, 0.5) is 5.82 Å². The van der Waals surface area contributed by atoms with E-state index in [4.69, 9.17) is 11.6 Å². The SMILES string of the molecule is CC(Nc1cccnn1)c1ccccc1Cl. The number of rotatable bonds is 3. The predicted octanol–water partition coefficient (Wildman–Crippen LogP) is 3.30. The van der Waals surface area contributed by atoms with Gasteiger partial charge in [0.1, 0.15) is 5.82 Å². The molecule has 1 atom stereocenters. The van der Waals surface area contributed by atoms with Gasteiger partial charge in [0, 0.05) is 11.2 Å². The standard InChI is InChI=1S/C12H12ClN3/c1-9(10-5-2-3-6-11(10)13)15-12-7-4-8-14-16-12/h2-9H,1H3,(H,15,16). The lowest BCUT2D eigenvalue weighted by Gasteiger charge is -2.15. The monoisotopic (exact) mass is 233 g/mol. The number of hydrogen-bond acceptors (Lipinski definition) is 3. The molecular weight excluding hydrogens is 222 g/mol. The molecule has 0 amide bonds. The summed E-state index contributed by atoms with van der Waals surface area (Å²) >= 11 is 6.11. The third-order valence-corrected chi connectivity index (χ3v) is 2.65. The van der Waals surface area contributed by atoms with Crippen molar-refractivity contribution >= 4 is 17.4 Å². The van der Waals surface area contributed by atoms with Crippen LogP contribution in [0.25, 0.3) is 0 Å². The molecule has 0 aliphatic rings. The molecule has 1 unspecified atom stereocenters. The number of nitrogens with zero attached hydrogens (tertiary/aromatic N) is 2. The summed E-state index contributed by atoms with van der Waals surface area (Å²) in [6.07, 6.45) is 1.64. The van der Waals surface area contributed by atoms with Crippen molar-refractivity contribution in [1.82, 2.24) is 10.2 Å². The Balaban J connectivity index is 2.15. The fraction of sp³-hybridized carbons (Fsp3) is 0.167. The molecule has 0 saturated carbocycles. The van der Waals surface area contributed by atoms with Crippen LogP contribution in [0.5, 0.6) is 0 Å². The van der Waals surface area contributed by atoms with Crippen LogP contribution in [0.2, 0.25) is 5.02 Å². The van der Waals surface area contributed by atoms with E-state index in [2.05, 4.69) is 15.5 Å². The van der Waals surface area contributed by atoms with E-state index in [1.807, 2.05) is 43.3 Å². The Morgan fingerprint density at radius 2 is 2.00 bits per heavy atom. The van der Waals surface area contributed by atoms with Gasteiger partial charge in [-0.1, -0.05) is 29.8 Å². The highest BCUT2D eigenvalue weighted by Crippen LogP contribution is 2.24. The number of benzene rings is 1. The summed E-state index contributed by atoms with van der Waals surface area (Å²) < 4.78 is 0. The number of nitrogens with one attached hydrogen (secondary N) is 1. The minimum Gasteiger partial charge on any atom is -0.362 e. The molecule has 0 radical (unpaired) electrons. The van der Waals surface area contributed by atoms with Gasteiger partial charge in [0.25, 0.3) is 0 Å². The van der Waals surface area contributed by atoms with E-state index in [0.717, 1.165) is 16.4 Å². The molecule has 0 saturated heterocycles. The maximum atomic E-state index is 6.11. The van der Waals surface area contributed by atoms with Crippen LogP contribution in [0, 0.1) is 0 Å². The predicted molar refractivity (Wildman–Crippen MR) is 65.5 cm³/mol. The largest absolute Gasteiger partial charge is 0.362 e. The van der Waals surface area contributed by atoms with Crippen molar-refractivity contribution in [3.05, 3.63) is 53.2 Å². The van der Waals surface area contributed by atoms with Crippen molar-refractivity contribution in [2.45, 2.75) is 13.0 Å². The number of hydrogen-bond donors (Lipinski definition) is 1. The van der Waals surface area contributed by atoms with Gasteiger partial charge in [-0.05, 0) is 30.7 Å². The number of halogens is 1. The van der Waals surface area contributed by atoms with E-state index in [9.17, 15) is 0 Å². The first-order chi connectivity index (χ1) is 7.77. The molecule has 1 aromatic heterocycles. The van der Waals surface area contributed by atoms with Crippen molar-refractivity contribution < 1.29 is 0 Å². The van der Waals surface area contributed by atoms with E-state index in [0.29, 0.717) is 0 Å². The van der Waals surface area contributed by atoms with Crippen LogP contribution in [0.3, 0.4) is 0 Å². The van der Waals surface area contributed by atoms with Gasteiger partial charge in [-0.15, -0.1) is 5.10 Å². The van der Waals surface area contributed by atoms with Gasteiger partial charge in [0.15, 0.2) is 0 Å². The lowest BCUT2D eigenvalue weighted by Crippen LogP contribution is -2.08. The summed E-state index contributed by atoms with van der Waals surface area (Å²) in [6, 6.07) is 11.6. The summed E-state index contributed by atoms with van der Waals surface area (Å²) in [5.74, 6) is 0.745. The van der Waals surface area contributed by atoms with Crippen LogP contribution in [-0.4, -0.2) is 10.2 Å². The van der Waals surface area contributed by atoms with E-state index >= 15 is 0 Å². The Morgan fingerprint density at radius 3 is 2.69 bits per heavy atom. The zero-order valence-corrected chi connectivity index (χ0v) is 9.65. The highest BCUT2D eigenvalue weighted by molar-refractivity contribution is 6.31. The Labute approximate surface area is 99.5 Å². The third-order valence-electron chi connectivity index (χ3n) is 2.31. The van der Waals surface area contributed by atoms with E-state index in [1.54, 1.807) is 6.20 Å². The molecule has 3 nitrogen and oxygen atoms in total. The van der Waals surface area contributed by atoms with Gasteiger partial charge in [-0.2, -0.15) is 5.10 Å². The van der Waals surface area contributed by atoms with Crippen LogP contribution in [-0.2, 0) is 0 Å². The number of anilines is 1. The minimum atomic E-state index is 0.102. The molecule has 0 aliphatic heterocycles. The minimum absolute atomic E-state index is 0.102. The molecule has 0 bridgehead atoms. The Kier molecular flexibility index (Phi) is 3.37. The van der Waals surface area contributed by atoms with Gasteiger partial charge in [0.05, 0.1) is 6.04 Å². The summed E-state index contributed by atoms with van der Waals surface area (Å²) in [6.45, 7) is 2.04. The van der Waals surface area contributed by atoms with Gasteiger partial charge >= 0.3 is 0 Å². The maximum Gasteiger partial charge on any atom is 0.149 e. The molecule has 1 heterocycles. The smallest absolute Gasteiger partial charge is 0.149 e. The molecular formula is C12H12ClN3. The summed E-state index contributed by atoms with van der Waals surface area (Å²) in [5.41, 5.74) is 1.05. The summed E-state index contributed by atoms with van der Waals surface area (Å²) in [7, 11) is 0. The van der Waals surface area contributed by atoms with Gasteiger partial charge in [-0.25, -0.2) is 0 Å². The Hall–Kier alpha value is -1.61. The highest BCUT2D eigenvalue weighted by Gasteiger charge is 2.08. The molecule has 2 aromatic rings. The molecule has 4 heteroatoms. The van der Waals surface area contributed by atoms with Crippen molar-refractivity contribution in [2.75, 3.05) is 5.32 Å². The molecule has 1 aromatic carbocycles. The molecule has 82 valence electrons. The first-order valence-corrected chi connectivity index (χ1v) is 5.44. The van der Waals surface area contributed by atoms with Gasteiger partial charge < -0.3 is 5.32 Å². The lowest BCUT2D eigenvalue weighted by atomic mass is 10.1. The van der Waals surface area contributed by atoms with E-state index < -0.39 is 0 Å².